The molecule has 0 N–H and O–H groups in total. The molecule has 3 heterocycles. The zero-order valence-electron chi connectivity index (χ0n) is 14.5. The lowest BCUT2D eigenvalue weighted by Gasteiger charge is -2.35. The standard InChI is InChI=1S/C19H27N3O2/c1-14-12-15(13-14)18(23)21-9-6-16-4-5-17(22(16)11-10-21)19(24)20-7-2-3-8-20/h4-5,14-15H,2-3,6-13H2,1H3. The zero-order chi connectivity index (χ0) is 16.7. The van der Waals surface area contributed by atoms with E-state index in [-0.39, 0.29) is 11.8 Å². The number of nitrogens with zero attached hydrogens (tertiary/aromatic N) is 3. The van der Waals surface area contributed by atoms with Crippen LogP contribution in [0.1, 0.15) is 48.8 Å². The van der Waals surface area contributed by atoms with E-state index >= 15 is 0 Å². The van der Waals surface area contributed by atoms with Gasteiger partial charge in [0.25, 0.3) is 5.91 Å². The summed E-state index contributed by atoms with van der Waals surface area (Å²) in [5.41, 5.74) is 1.99. The molecule has 3 aliphatic rings. The van der Waals surface area contributed by atoms with E-state index in [1.54, 1.807) is 0 Å². The topological polar surface area (TPSA) is 45.6 Å². The van der Waals surface area contributed by atoms with Crippen molar-refractivity contribution in [3.8, 4) is 0 Å². The largest absolute Gasteiger partial charge is 0.340 e. The fourth-order valence-corrected chi connectivity index (χ4v) is 4.43. The predicted octanol–water partition coefficient (Wildman–Crippen LogP) is 2.15. The number of hydrogen-bond acceptors (Lipinski definition) is 2. The van der Waals surface area contributed by atoms with Crippen LogP contribution in [-0.4, -0.2) is 52.4 Å². The van der Waals surface area contributed by atoms with Crippen LogP contribution in [0.4, 0.5) is 0 Å². The van der Waals surface area contributed by atoms with Crippen molar-refractivity contribution in [1.82, 2.24) is 14.4 Å². The van der Waals surface area contributed by atoms with Crippen molar-refractivity contribution in [2.24, 2.45) is 11.8 Å². The van der Waals surface area contributed by atoms with Gasteiger partial charge in [0.05, 0.1) is 0 Å². The minimum absolute atomic E-state index is 0.159. The van der Waals surface area contributed by atoms with Gasteiger partial charge in [0.15, 0.2) is 0 Å². The van der Waals surface area contributed by atoms with Gasteiger partial charge in [-0.3, -0.25) is 9.59 Å². The Kier molecular flexibility index (Phi) is 4.10. The lowest BCUT2D eigenvalue weighted by atomic mass is 9.75. The second-order valence-corrected chi connectivity index (χ2v) is 7.71. The molecule has 0 atom stereocenters. The van der Waals surface area contributed by atoms with Crippen molar-refractivity contribution in [3.05, 3.63) is 23.5 Å². The lowest BCUT2D eigenvalue weighted by molar-refractivity contribution is -0.139. The Morgan fingerprint density at radius 1 is 0.958 bits per heavy atom. The van der Waals surface area contributed by atoms with Gasteiger partial charge in [-0.05, 0) is 43.7 Å². The SMILES string of the molecule is CC1CC(C(=O)N2CCc3ccc(C(=O)N4CCCC4)n3CC2)C1. The summed E-state index contributed by atoms with van der Waals surface area (Å²) in [6, 6.07) is 4.05. The summed E-state index contributed by atoms with van der Waals surface area (Å²) in [7, 11) is 0. The summed E-state index contributed by atoms with van der Waals surface area (Å²) in [5, 5.41) is 0. The first-order valence-electron chi connectivity index (χ1n) is 9.40. The van der Waals surface area contributed by atoms with Crippen molar-refractivity contribution in [2.75, 3.05) is 26.2 Å². The molecule has 0 bridgehead atoms. The van der Waals surface area contributed by atoms with Crippen LogP contribution in [0.15, 0.2) is 12.1 Å². The zero-order valence-corrected chi connectivity index (χ0v) is 14.5. The molecule has 0 unspecified atom stereocenters. The minimum atomic E-state index is 0.159. The molecule has 2 aliphatic heterocycles. The van der Waals surface area contributed by atoms with E-state index in [9.17, 15) is 9.59 Å². The molecule has 2 fully saturated rings. The van der Waals surface area contributed by atoms with Gasteiger partial charge in [0.2, 0.25) is 5.91 Å². The van der Waals surface area contributed by atoms with Crippen molar-refractivity contribution >= 4 is 11.8 Å². The Balaban J connectivity index is 1.45. The summed E-state index contributed by atoms with van der Waals surface area (Å²) < 4.78 is 2.15. The average Bonchev–Trinajstić information content (AvgIpc) is 3.17. The van der Waals surface area contributed by atoms with E-state index in [0.29, 0.717) is 11.8 Å². The van der Waals surface area contributed by atoms with Gasteiger partial charge in [-0.25, -0.2) is 0 Å². The van der Waals surface area contributed by atoms with Crippen LogP contribution in [0, 0.1) is 11.8 Å². The Morgan fingerprint density at radius 3 is 2.42 bits per heavy atom. The van der Waals surface area contributed by atoms with Gasteiger partial charge < -0.3 is 14.4 Å². The normalized spacial score (nSPS) is 26.7. The summed E-state index contributed by atoms with van der Waals surface area (Å²) in [4.78, 5) is 29.3. The number of hydrogen-bond donors (Lipinski definition) is 0. The third kappa shape index (κ3) is 2.74. The molecule has 1 saturated carbocycles. The molecule has 24 heavy (non-hydrogen) atoms. The fourth-order valence-electron chi connectivity index (χ4n) is 4.43. The summed E-state index contributed by atoms with van der Waals surface area (Å²) in [6.45, 7) is 6.23. The molecule has 5 heteroatoms. The lowest BCUT2D eigenvalue weighted by Crippen LogP contribution is -2.42. The molecule has 5 nitrogen and oxygen atoms in total. The molecule has 2 amide bonds. The Labute approximate surface area is 143 Å². The first-order chi connectivity index (χ1) is 11.6. The molecular weight excluding hydrogens is 302 g/mol. The fraction of sp³-hybridized carbons (Fsp3) is 0.684. The van der Waals surface area contributed by atoms with Crippen LogP contribution in [0.3, 0.4) is 0 Å². The number of rotatable bonds is 2. The van der Waals surface area contributed by atoms with Gasteiger partial charge >= 0.3 is 0 Å². The van der Waals surface area contributed by atoms with Crippen LogP contribution in [0.25, 0.3) is 0 Å². The Morgan fingerprint density at radius 2 is 1.71 bits per heavy atom. The van der Waals surface area contributed by atoms with E-state index in [4.69, 9.17) is 0 Å². The maximum atomic E-state index is 12.7. The molecule has 1 aromatic heterocycles. The highest BCUT2D eigenvalue weighted by Gasteiger charge is 2.35. The van der Waals surface area contributed by atoms with Crippen molar-refractivity contribution < 1.29 is 9.59 Å². The first-order valence-corrected chi connectivity index (χ1v) is 9.40. The van der Waals surface area contributed by atoms with Crippen molar-refractivity contribution in [2.45, 2.75) is 45.6 Å². The summed E-state index contributed by atoms with van der Waals surface area (Å²) in [5.74, 6) is 1.42. The number of carbonyl (C=O) groups excluding carboxylic acids is 2. The van der Waals surface area contributed by atoms with Gasteiger partial charge in [-0.15, -0.1) is 0 Å². The van der Waals surface area contributed by atoms with E-state index in [1.165, 1.54) is 5.69 Å². The Hall–Kier alpha value is -1.78. The molecular formula is C19H27N3O2. The molecule has 0 radical (unpaired) electrons. The summed E-state index contributed by atoms with van der Waals surface area (Å²) >= 11 is 0. The molecule has 1 aromatic rings. The first kappa shape index (κ1) is 15.7. The van der Waals surface area contributed by atoms with Crippen LogP contribution in [0.5, 0.6) is 0 Å². The van der Waals surface area contributed by atoms with Crippen LogP contribution >= 0.6 is 0 Å². The van der Waals surface area contributed by atoms with E-state index in [0.717, 1.165) is 70.5 Å². The van der Waals surface area contributed by atoms with Crippen LogP contribution < -0.4 is 0 Å². The molecule has 1 aliphatic carbocycles. The van der Waals surface area contributed by atoms with Gasteiger partial charge in [-0.1, -0.05) is 6.92 Å². The van der Waals surface area contributed by atoms with Gasteiger partial charge in [0.1, 0.15) is 5.69 Å². The van der Waals surface area contributed by atoms with Crippen LogP contribution in [0.2, 0.25) is 0 Å². The smallest absolute Gasteiger partial charge is 0.270 e. The number of carbonyl (C=O) groups is 2. The van der Waals surface area contributed by atoms with Crippen LogP contribution in [-0.2, 0) is 17.8 Å². The van der Waals surface area contributed by atoms with Gasteiger partial charge in [-0.2, -0.15) is 0 Å². The van der Waals surface area contributed by atoms with Crippen molar-refractivity contribution in [1.29, 1.82) is 0 Å². The van der Waals surface area contributed by atoms with Crippen molar-refractivity contribution in [3.63, 3.8) is 0 Å². The van der Waals surface area contributed by atoms with E-state index in [2.05, 4.69) is 17.6 Å². The molecule has 130 valence electrons. The highest BCUT2D eigenvalue weighted by molar-refractivity contribution is 5.93. The number of fused-ring (bicyclic) bond motifs is 1. The number of likely N-dealkylation sites (tertiary alicyclic amines) is 1. The highest BCUT2D eigenvalue weighted by Crippen LogP contribution is 2.34. The molecule has 4 rings (SSSR count). The monoisotopic (exact) mass is 329 g/mol. The number of aromatic nitrogens is 1. The second kappa shape index (κ2) is 6.26. The molecule has 1 saturated heterocycles. The molecule has 0 aromatic carbocycles. The second-order valence-electron chi connectivity index (χ2n) is 7.71. The maximum absolute atomic E-state index is 12.7. The highest BCUT2D eigenvalue weighted by atomic mass is 16.2. The third-order valence-electron chi connectivity index (χ3n) is 5.95. The quantitative estimate of drug-likeness (QED) is 0.835. The minimum Gasteiger partial charge on any atom is -0.340 e. The predicted molar refractivity (Wildman–Crippen MR) is 91.7 cm³/mol. The summed E-state index contributed by atoms with van der Waals surface area (Å²) in [6.07, 6.45) is 5.16. The maximum Gasteiger partial charge on any atom is 0.270 e. The average molecular weight is 329 g/mol. The van der Waals surface area contributed by atoms with E-state index < -0.39 is 0 Å². The van der Waals surface area contributed by atoms with Gasteiger partial charge in [0, 0.05) is 50.8 Å². The van der Waals surface area contributed by atoms with E-state index in [1.807, 2.05) is 15.9 Å². The molecule has 0 spiro atoms. The third-order valence-corrected chi connectivity index (χ3v) is 5.95. The number of amides is 2. The Bertz CT molecular complexity index is 639.